The molecule has 10 aromatic rings. The van der Waals surface area contributed by atoms with Crippen LogP contribution >= 0.6 is 22.7 Å². The van der Waals surface area contributed by atoms with Crippen molar-refractivity contribution in [2.45, 2.75) is 11.8 Å². The quantitative estimate of drug-likeness (QED) is 0.160. The molecular formula is C44H24F2N8S2. The number of imidazole rings is 2. The first-order valence-electron chi connectivity index (χ1n) is 17.5. The highest BCUT2D eigenvalue weighted by Gasteiger charge is 2.30. The van der Waals surface area contributed by atoms with E-state index in [-0.39, 0.29) is 11.1 Å². The first-order valence-corrected chi connectivity index (χ1v) is 19.2. The molecule has 0 bridgehead atoms. The van der Waals surface area contributed by atoms with Crippen LogP contribution in [0.3, 0.4) is 0 Å². The van der Waals surface area contributed by atoms with Crippen molar-refractivity contribution in [1.82, 2.24) is 29.1 Å². The smallest absolute Gasteiger partial charge is 0.129 e. The second-order valence-corrected chi connectivity index (χ2v) is 15.2. The Morgan fingerprint density at radius 2 is 1.00 bits per heavy atom. The Morgan fingerprint density at radius 3 is 1.39 bits per heavy atom. The second kappa shape index (κ2) is 13.3. The van der Waals surface area contributed by atoms with E-state index in [1.807, 2.05) is 59.3 Å². The number of thiophene rings is 2. The fourth-order valence-electron chi connectivity index (χ4n) is 7.45. The van der Waals surface area contributed by atoms with E-state index < -0.39 is 23.5 Å². The molecule has 10 rings (SSSR count). The molecule has 12 heteroatoms. The van der Waals surface area contributed by atoms with E-state index in [4.69, 9.17) is 0 Å². The van der Waals surface area contributed by atoms with Crippen molar-refractivity contribution in [3.63, 3.8) is 0 Å². The predicted molar refractivity (Wildman–Crippen MR) is 216 cm³/mol. The summed E-state index contributed by atoms with van der Waals surface area (Å²) >= 11 is 3.27. The van der Waals surface area contributed by atoms with Crippen molar-refractivity contribution in [3.05, 3.63) is 156 Å². The third-order valence-electron chi connectivity index (χ3n) is 10.2. The van der Waals surface area contributed by atoms with E-state index in [0.29, 0.717) is 22.4 Å². The van der Waals surface area contributed by atoms with E-state index in [1.54, 1.807) is 69.0 Å². The monoisotopic (exact) mass is 766 g/mol. The lowest BCUT2D eigenvalue weighted by Gasteiger charge is -2.19. The number of nitrogens with zero attached hydrogens (tertiary/aromatic N) is 8. The van der Waals surface area contributed by atoms with Gasteiger partial charge < -0.3 is 0 Å². The van der Waals surface area contributed by atoms with Crippen molar-refractivity contribution in [1.29, 1.82) is 10.5 Å². The molecule has 8 nitrogen and oxygen atoms in total. The fraction of sp³-hybridized carbons (Fsp3) is 0.0455. The fourth-order valence-corrected chi connectivity index (χ4v) is 8.90. The van der Waals surface area contributed by atoms with E-state index >= 15 is 8.78 Å². The minimum absolute atomic E-state index is 0.0108. The van der Waals surface area contributed by atoms with Gasteiger partial charge in [0, 0.05) is 31.7 Å². The van der Waals surface area contributed by atoms with Gasteiger partial charge in [0.15, 0.2) is 0 Å². The van der Waals surface area contributed by atoms with Gasteiger partial charge in [0.05, 0.1) is 69.8 Å². The Labute approximate surface area is 325 Å². The van der Waals surface area contributed by atoms with Crippen molar-refractivity contribution in [3.8, 4) is 44.4 Å². The Bertz CT molecular complexity index is 3010. The molecule has 2 unspecified atom stereocenters. The molecule has 0 radical (unpaired) electrons. The van der Waals surface area contributed by atoms with Crippen LogP contribution in [0.5, 0.6) is 0 Å². The number of nitriles is 2. The highest BCUT2D eigenvalue weighted by Crippen LogP contribution is 2.38. The van der Waals surface area contributed by atoms with Gasteiger partial charge in [-0.25, -0.2) is 18.7 Å². The van der Waals surface area contributed by atoms with E-state index in [0.717, 1.165) is 53.7 Å². The van der Waals surface area contributed by atoms with Gasteiger partial charge in [0.1, 0.15) is 35.3 Å². The first kappa shape index (κ1) is 33.4. The number of benzene rings is 4. The van der Waals surface area contributed by atoms with E-state index in [1.165, 1.54) is 24.3 Å². The number of aromatic nitrogens is 6. The molecule has 0 saturated carbocycles. The molecule has 266 valence electrons. The van der Waals surface area contributed by atoms with Crippen LogP contribution in [0.1, 0.15) is 23.0 Å². The molecule has 6 heterocycles. The minimum Gasteiger partial charge on any atom is -0.298 e. The molecule has 2 atom stereocenters. The van der Waals surface area contributed by atoms with Crippen LogP contribution in [0.25, 0.3) is 76.1 Å². The Kier molecular flexibility index (Phi) is 7.96. The van der Waals surface area contributed by atoms with Crippen LogP contribution in [-0.2, 0) is 0 Å². The lowest BCUT2D eigenvalue weighted by molar-refractivity contribution is 0.570. The lowest BCUT2D eigenvalue weighted by Crippen LogP contribution is -2.12. The van der Waals surface area contributed by atoms with Gasteiger partial charge in [-0.1, -0.05) is 36.4 Å². The summed E-state index contributed by atoms with van der Waals surface area (Å²) in [7, 11) is 0. The number of hydrogen-bond acceptors (Lipinski definition) is 8. The molecule has 0 spiro atoms. The molecule has 0 amide bonds. The molecule has 56 heavy (non-hydrogen) atoms. The van der Waals surface area contributed by atoms with E-state index in [9.17, 15) is 10.5 Å². The molecule has 0 aliphatic carbocycles. The minimum atomic E-state index is -1.30. The summed E-state index contributed by atoms with van der Waals surface area (Å²) in [6.45, 7) is 0. The number of pyridine rings is 2. The van der Waals surface area contributed by atoms with Gasteiger partial charge in [0.2, 0.25) is 0 Å². The highest BCUT2D eigenvalue weighted by atomic mass is 32.1. The van der Waals surface area contributed by atoms with Crippen LogP contribution in [0.2, 0.25) is 0 Å². The van der Waals surface area contributed by atoms with Crippen molar-refractivity contribution in [2.75, 3.05) is 0 Å². The van der Waals surface area contributed by atoms with Gasteiger partial charge in [0.25, 0.3) is 0 Å². The molecule has 0 fully saturated rings. The summed E-state index contributed by atoms with van der Waals surface area (Å²) in [4.78, 5) is 20.4. The maximum atomic E-state index is 16.2. The third kappa shape index (κ3) is 5.42. The molecule has 4 aromatic carbocycles. The molecular weight excluding hydrogens is 743 g/mol. The van der Waals surface area contributed by atoms with Gasteiger partial charge in [-0.15, -0.1) is 22.7 Å². The standard InChI is InChI=1S/C44H24F2N8S2/c45-35-17-27(53-23-51-39-21-49-37-11-5-25(15-31(37)43(39)53)41-3-1-13-55-41)7-9-29(35)33(19-47)34(20-48)30-10-8-28(18-36(30)46)54-24-52-40-22-50-38-12-6-26(16-32(38)44(40)54)42-4-2-14-56-42/h1-18,21-24,33-34H. The summed E-state index contributed by atoms with van der Waals surface area (Å²) in [5, 5.41) is 26.5. The Balaban J connectivity index is 0.999. The third-order valence-corrected chi connectivity index (χ3v) is 12.0. The zero-order valence-corrected chi connectivity index (χ0v) is 30.6. The summed E-state index contributed by atoms with van der Waals surface area (Å²) < 4.78 is 35.9. The summed E-state index contributed by atoms with van der Waals surface area (Å²) in [6.07, 6.45) is 6.59. The van der Waals surface area contributed by atoms with Gasteiger partial charge in [-0.3, -0.25) is 19.1 Å². The average molecular weight is 767 g/mol. The second-order valence-electron chi connectivity index (χ2n) is 13.3. The molecule has 6 aromatic heterocycles. The van der Waals surface area contributed by atoms with Crippen molar-refractivity contribution >= 4 is 66.5 Å². The van der Waals surface area contributed by atoms with E-state index in [2.05, 4.69) is 44.2 Å². The normalized spacial score (nSPS) is 12.6. The maximum Gasteiger partial charge on any atom is 0.129 e. The molecule has 0 N–H and O–H groups in total. The number of rotatable bonds is 7. The maximum absolute atomic E-state index is 16.2. The molecule has 0 saturated heterocycles. The number of halogens is 2. The molecule has 0 aliphatic heterocycles. The molecule has 0 aliphatic rings. The van der Waals surface area contributed by atoms with Gasteiger partial charge in [-0.05, 0) is 82.6 Å². The number of fused-ring (bicyclic) bond motifs is 6. The van der Waals surface area contributed by atoms with Gasteiger partial charge >= 0.3 is 0 Å². The first-order chi connectivity index (χ1) is 27.5. The summed E-state index contributed by atoms with van der Waals surface area (Å²) in [5.41, 5.74) is 7.31. The summed E-state index contributed by atoms with van der Waals surface area (Å²) in [5.74, 6) is -3.99. The zero-order valence-electron chi connectivity index (χ0n) is 29.0. The summed E-state index contributed by atoms with van der Waals surface area (Å²) in [6, 6.07) is 33.3. The Morgan fingerprint density at radius 1 is 0.536 bits per heavy atom. The zero-order chi connectivity index (χ0) is 37.9. The lowest BCUT2D eigenvalue weighted by atomic mass is 9.82. The van der Waals surface area contributed by atoms with Crippen LogP contribution in [0, 0.1) is 34.3 Å². The SMILES string of the molecule is N#CC(c1ccc(-n2cnc3cnc4ccc(-c5cccs5)cc4c32)cc1F)C(C#N)c1ccc(-n2cnc3cnc4ccc(-c5cccs5)cc4c32)cc1F. The number of hydrogen-bond donors (Lipinski definition) is 0. The Hall–Kier alpha value is -7.12. The topological polar surface area (TPSA) is 109 Å². The van der Waals surface area contributed by atoms with Crippen molar-refractivity contribution in [2.24, 2.45) is 0 Å². The van der Waals surface area contributed by atoms with Crippen LogP contribution in [0.15, 0.2) is 133 Å². The predicted octanol–water partition coefficient (Wildman–Crippen LogP) is 11.1. The largest absolute Gasteiger partial charge is 0.298 e. The highest BCUT2D eigenvalue weighted by molar-refractivity contribution is 7.13. The van der Waals surface area contributed by atoms with Crippen molar-refractivity contribution < 1.29 is 8.78 Å². The van der Waals surface area contributed by atoms with Gasteiger partial charge in [-0.2, -0.15) is 10.5 Å². The van der Waals surface area contributed by atoms with Crippen LogP contribution in [0.4, 0.5) is 8.78 Å². The average Bonchev–Trinajstić information content (AvgIpc) is 4.07. The van der Waals surface area contributed by atoms with Crippen LogP contribution < -0.4 is 0 Å². The van der Waals surface area contributed by atoms with Crippen LogP contribution in [-0.4, -0.2) is 29.1 Å².